The highest BCUT2D eigenvalue weighted by molar-refractivity contribution is 8.23. The number of nitrogens with zero attached hydrogens (tertiary/aromatic N) is 2. The number of nitrogens with one attached hydrogen (secondary N) is 1. The number of amides is 2. The van der Waals surface area contributed by atoms with E-state index in [1.54, 1.807) is 18.2 Å². The number of ether oxygens (including phenoxy) is 2. The van der Waals surface area contributed by atoms with Gasteiger partial charge in [-0.2, -0.15) is 10.1 Å². The topological polar surface area (TPSA) is 80.2 Å². The van der Waals surface area contributed by atoms with Gasteiger partial charge in [0.1, 0.15) is 0 Å². The van der Waals surface area contributed by atoms with E-state index in [1.807, 2.05) is 38.1 Å². The summed E-state index contributed by atoms with van der Waals surface area (Å²) in [5.41, 5.74) is 2.48. The molecule has 2 aromatic carbocycles. The summed E-state index contributed by atoms with van der Waals surface area (Å²) in [7, 11) is 0. The second-order valence-electron chi connectivity index (χ2n) is 6.35. The molecular formula is C21H21N3O4S2. The molecule has 7 nitrogen and oxygen atoms in total. The van der Waals surface area contributed by atoms with Crippen molar-refractivity contribution < 1.29 is 19.1 Å². The first kappa shape index (κ1) is 21.8. The van der Waals surface area contributed by atoms with E-state index in [0.717, 1.165) is 5.56 Å². The lowest BCUT2D eigenvalue weighted by atomic mass is 10.2. The average molecular weight is 444 g/mol. The van der Waals surface area contributed by atoms with Gasteiger partial charge in [-0.1, -0.05) is 36.1 Å². The third-order valence-corrected chi connectivity index (χ3v) is 5.32. The summed E-state index contributed by atoms with van der Waals surface area (Å²) in [5.74, 6) is 0.807. The van der Waals surface area contributed by atoms with Crippen LogP contribution in [0, 0.1) is 6.92 Å². The third-order valence-electron chi connectivity index (χ3n) is 3.98. The van der Waals surface area contributed by atoms with E-state index in [9.17, 15) is 9.59 Å². The van der Waals surface area contributed by atoms with Crippen LogP contribution < -0.4 is 14.8 Å². The first-order valence-electron chi connectivity index (χ1n) is 9.26. The molecular weight excluding hydrogens is 422 g/mol. The first-order chi connectivity index (χ1) is 14.5. The number of rotatable bonds is 8. The quantitative estimate of drug-likeness (QED) is 0.496. The monoisotopic (exact) mass is 443 g/mol. The highest BCUT2D eigenvalue weighted by Gasteiger charge is 2.26. The number of hydrazone groups is 1. The zero-order chi connectivity index (χ0) is 21.5. The molecule has 30 heavy (non-hydrogen) atoms. The van der Waals surface area contributed by atoms with Crippen LogP contribution in [0.25, 0.3) is 0 Å². The minimum Gasteiger partial charge on any atom is -0.490 e. The normalized spacial score (nSPS) is 13.7. The molecule has 9 heteroatoms. The van der Waals surface area contributed by atoms with Crippen molar-refractivity contribution in [2.75, 3.05) is 24.3 Å². The van der Waals surface area contributed by atoms with Gasteiger partial charge in [-0.05, 0) is 55.3 Å². The first-order valence-corrected chi connectivity index (χ1v) is 10.7. The van der Waals surface area contributed by atoms with Crippen LogP contribution in [0.5, 0.6) is 11.5 Å². The van der Waals surface area contributed by atoms with Crippen molar-refractivity contribution in [3.63, 3.8) is 0 Å². The lowest BCUT2D eigenvalue weighted by molar-refractivity contribution is -0.124. The number of thioether (sulfide) groups is 1. The minimum atomic E-state index is -0.271. The van der Waals surface area contributed by atoms with Gasteiger partial charge >= 0.3 is 0 Å². The van der Waals surface area contributed by atoms with Gasteiger partial charge in [0.05, 0.1) is 18.6 Å². The van der Waals surface area contributed by atoms with Crippen molar-refractivity contribution >= 4 is 52.0 Å². The van der Waals surface area contributed by atoms with E-state index in [0.29, 0.717) is 39.4 Å². The zero-order valence-electron chi connectivity index (χ0n) is 16.6. The number of hydrogen-bond donors (Lipinski definition) is 1. The molecule has 1 N–H and O–H groups in total. The Balaban J connectivity index is 1.65. The van der Waals surface area contributed by atoms with Crippen molar-refractivity contribution in [1.29, 1.82) is 0 Å². The van der Waals surface area contributed by atoms with E-state index in [2.05, 4.69) is 10.4 Å². The molecule has 0 aromatic heterocycles. The van der Waals surface area contributed by atoms with E-state index in [4.69, 9.17) is 21.7 Å². The molecule has 1 heterocycles. The predicted molar refractivity (Wildman–Crippen MR) is 122 cm³/mol. The predicted octanol–water partition coefficient (Wildman–Crippen LogP) is 3.61. The van der Waals surface area contributed by atoms with Gasteiger partial charge in [-0.25, -0.2) is 0 Å². The fourth-order valence-corrected chi connectivity index (χ4v) is 3.61. The second kappa shape index (κ2) is 10.2. The Kier molecular flexibility index (Phi) is 7.42. The van der Waals surface area contributed by atoms with Gasteiger partial charge in [-0.15, -0.1) is 0 Å². The lowest BCUT2D eigenvalue weighted by Gasteiger charge is -2.13. The molecule has 2 aromatic rings. The molecule has 1 fully saturated rings. The molecule has 1 aliphatic rings. The number of anilines is 1. The van der Waals surface area contributed by atoms with Crippen molar-refractivity contribution in [3.8, 4) is 11.5 Å². The smallest absolute Gasteiger partial charge is 0.262 e. The fourth-order valence-electron chi connectivity index (χ4n) is 2.64. The van der Waals surface area contributed by atoms with Gasteiger partial charge in [0.25, 0.3) is 11.8 Å². The number of carbonyl (C=O) groups is 2. The van der Waals surface area contributed by atoms with Crippen LogP contribution in [-0.2, 0) is 9.59 Å². The van der Waals surface area contributed by atoms with Gasteiger partial charge in [0.2, 0.25) is 0 Å². The number of hydrogen-bond acceptors (Lipinski definition) is 7. The molecule has 1 aliphatic heterocycles. The number of benzene rings is 2. The molecule has 0 saturated carbocycles. The summed E-state index contributed by atoms with van der Waals surface area (Å²) in [4.78, 5) is 23.9. The Morgan fingerprint density at radius 2 is 2.10 bits per heavy atom. The summed E-state index contributed by atoms with van der Waals surface area (Å²) in [6.07, 6.45) is 1.53. The van der Waals surface area contributed by atoms with Crippen LogP contribution in [-0.4, -0.2) is 46.3 Å². The second-order valence-corrected chi connectivity index (χ2v) is 7.96. The highest BCUT2D eigenvalue weighted by Crippen LogP contribution is 2.28. The van der Waals surface area contributed by atoms with Crippen LogP contribution >= 0.6 is 24.0 Å². The van der Waals surface area contributed by atoms with E-state index >= 15 is 0 Å². The summed E-state index contributed by atoms with van der Waals surface area (Å²) in [6.45, 7) is 4.08. The largest absolute Gasteiger partial charge is 0.490 e. The third kappa shape index (κ3) is 5.80. The van der Waals surface area contributed by atoms with E-state index < -0.39 is 0 Å². The maximum atomic E-state index is 12.2. The van der Waals surface area contributed by atoms with Crippen LogP contribution in [0.3, 0.4) is 0 Å². The molecule has 0 bridgehead atoms. The van der Waals surface area contributed by atoms with E-state index in [1.165, 1.54) is 23.0 Å². The lowest BCUT2D eigenvalue weighted by Crippen LogP contribution is -2.22. The molecule has 0 aliphatic carbocycles. The highest BCUT2D eigenvalue weighted by atomic mass is 32.2. The molecule has 0 spiro atoms. The van der Waals surface area contributed by atoms with Crippen molar-refractivity contribution in [3.05, 3.63) is 53.6 Å². The molecule has 2 amide bonds. The molecule has 156 valence electrons. The fraction of sp³-hybridized carbons (Fsp3) is 0.238. The summed E-state index contributed by atoms with van der Waals surface area (Å²) in [6, 6.07) is 12.7. The number of carbonyl (C=O) groups excluding carboxylic acids is 2. The van der Waals surface area contributed by atoms with Crippen molar-refractivity contribution in [1.82, 2.24) is 5.01 Å². The van der Waals surface area contributed by atoms with Crippen LogP contribution in [0.2, 0.25) is 0 Å². The standard InChI is InChI=1S/C21H21N3O4S2/c1-3-27-18-10-15(11-22-24-20(26)13-30-21(24)29)7-8-17(18)28-12-19(25)23-16-6-4-5-14(2)9-16/h4-11H,3,12-13H2,1-2H3,(H,23,25)/b22-11+. The van der Waals surface area contributed by atoms with Gasteiger partial charge in [0, 0.05) is 5.69 Å². The Morgan fingerprint density at radius 3 is 2.80 bits per heavy atom. The summed E-state index contributed by atoms with van der Waals surface area (Å²) < 4.78 is 11.7. The maximum Gasteiger partial charge on any atom is 0.262 e. The Morgan fingerprint density at radius 1 is 1.27 bits per heavy atom. The molecule has 0 radical (unpaired) electrons. The van der Waals surface area contributed by atoms with Crippen LogP contribution in [0.4, 0.5) is 5.69 Å². The van der Waals surface area contributed by atoms with Crippen molar-refractivity contribution in [2.45, 2.75) is 13.8 Å². The number of aryl methyl sites for hydroxylation is 1. The van der Waals surface area contributed by atoms with E-state index in [-0.39, 0.29) is 18.4 Å². The summed E-state index contributed by atoms with van der Waals surface area (Å²) in [5, 5.41) is 8.16. The Hall–Kier alpha value is -2.91. The van der Waals surface area contributed by atoms with Gasteiger partial charge in [-0.3, -0.25) is 9.59 Å². The van der Waals surface area contributed by atoms with Gasteiger partial charge < -0.3 is 14.8 Å². The summed E-state index contributed by atoms with van der Waals surface area (Å²) >= 11 is 6.39. The van der Waals surface area contributed by atoms with Gasteiger partial charge in [0.15, 0.2) is 22.4 Å². The number of thiocarbonyl (C=S) groups is 1. The van der Waals surface area contributed by atoms with Crippen LogP contribution in [0.15, 0.2) is 47.6 Å². The zero-order valence-corrected chi connectivity index (χ0v) is 18.2. The molecule has 0 unspecified atom stereocenters. The van der Waals surface area contributed by atoms with Crippen LogP contribution in [0.1, 0.15) is 18.1 Å². The average Bonchev–Trinajstić information content (AvgIpc) is 3.03. The SMILES string of the molecule is CCOc1cc(/C=N/N2C(=O)CSC2=S)ccc1OCC(=O)Nc1cccc(C)c1. The molecule has 3 rings (SSSR count). The minimum absolute atomic E-state index is 0.147. The Bertz CT molecular complexity index is 978. The Labute approximate surface area is 184 Å². The van der Waals surface area contributed by atoms with Crippen molar-refractivity contribution in [2.24, 2.45) is 5.10 Å². The molecule has 0 atom stereocenters. The maximum absolute atomic E-state index is 12.2. The molecule has 1 saturated heterocycles.